The lowest BCUT2D eigenvalue weighted by molar-refractivity contribution is -0.118. The highest BCUT2D eigenvalue weighted by molar-refractivity contribution is 8.07. The number of carbonyl (C=O) groups is 2. The molecule has 0 fully saturated rings. The number of allylic oxidation sites excluding steroid dienone is 16. The zero-order valence-corrected chi connectivity index (χ0v) is 23.6. The summed E-state index contributed by atoms with van der Waals surface area (Å²) < 4.78 is 0. The molecule has 3 aliphatic rings. The Morgan fingerprint density at radius 1 is 0.925 bits per heavy atom. The number of thioether (sulfide) groups is 1. The highest BCUT2D eigenvalue weighted by atomic mass is 32.2. The first-order valence-electron chi connectivity index (χ1n) is 13.7. The van der Waals surface area contributed by atoms with Crippen LogP contribution in [0.4, 0.5) is 0 Å². The Balaban J connectivity index is 1.39. The van der Waals surface area contributed by atoms with E-state index in [9.17, 15) is 9.59 Å². The standard InChI is InChI=1S/C35H35NO3S/c1-27-13-10-11-14-29(23-27)24-31(36-39-35(38)30-16-6-5-7-17-30)26-32(37)25-28-15-12-20-34(22-21-28)40-33-18-8-3-2-4-9-19-33/h2-3,5-7,9-23,27-28H,4,8,24-26H2,1H3/b3-2?,19-9?,33-18?,36-31-. The van der Waals surface area contributed by atoms with Crippen molar-refractivity contribution in [2.24, 2.45) is 17.0 Å². The molecular formula is C35H35NO3S. The van der Waals surface area contributed by atoms with Crippen LogP contribution in [0.15, 0.2) is 142 Å². The van der Waals surface area contributed by atoms with E-state index in [1.54, 1.807) is 36.0 Å². The van der Waals surface area contributed by atoms with Gasteiger partial charge in [0, 0.05) is 35.0 Å². The van der Waals surface area contributed by atoms with Gasteiger partial charge < -0.3 is 4.84 Å². The van der Waals surface area contributed by atoms with E-state index >= 15 is 0 Å². The van der Waals surface area contributed by atoms with E-state index < -0.39 is 5.97 Å². The van der Waals surface area contributed by atoms with Gasteiger partial charge in [0.1, 0.15) is 5.78 Å². The molecule has 0 N–H and O–H groups in total. The maximum absolute atomic E-state index is 13.2. The van der Waals surface area contributed by atoms with Crippen LogP contribution in [0.1, 0.15) is 49.4 Å². The SMILES string of the molecule is CC1C=CC=CC(C/C(CC(=O)CC2C=CC=C(SC3=CCC=CCC=C3)C=C2)=N/OC(=O)c2ccccc2)=C1. The topological polar surface area (TPSA) is 55.7 Å². The fourth-order valence-corrected chi connectivity index (χ4v) is 5.31. The third kappa shape index (κ3) is 9.97. The molecule has 0 saturated heterocycles. The fraction of sp³-hybridized carbons (Fsp3) is 0.229. The average molecular weight is 550 g/mol. The average Bonchev–Trinajstić information content (AvgIpc) is 3.28. The molecule has 1 aromatic carbocycles. The molecule has 0 amide bonds. The normalized spacial score (nSPS) is 20.5. The summed E-state index contributed by atoms with van der Waals surface area (Å²) in [6.07, 6.45) is 34.3. The van der Waals surface area contributed by atoms with Crippen molar-refractivity contribution < 1.29 is 14.4 Å². The number of nitrogens with zero attached hydrogens (tertiary/aromatic N) is 1. The third-order valence-corrected chi connectivity index (χ3v) is 7.44. The summed E-state index contributed by atoms with van der Waals surface area (Å²) in [5.41, 5.74) is 1.99. The van der Waals surface area contributed by atoms with E-state index in [0.29, 0.717) is 24.1 Å². The lowest BCUT2D eigenvalue weighted by Gasteiger charge is -2.10. The van der Waals surface area contributed by atoms with Crippen LogP contribution in [-0.2, 0) is 9.63 Å². The quantitative estimate of drug-likeness (QED) is 0.127. The number of hydrogen-bond acceptors (Lipinski definition) is 5. The molecule has 3 aliphatic carbocycles. The molecule has 40 heavy (non-hydrogen) atoms. The molecule has 1 aromatic rings. The zero-order valence-electron chi connectivity index (χ0n) is 22.8. The fourth-order valence-electron chi connectivity index (χ4n) is 4.40. The number of rotatable bonds is 10. The predicted octanol–water partition coefficient (Wildman–Crippen LogP) is 8.78. The minimum atomic E-state index is -0.540. The molecule has 204 valence electrons. The summed E-state index contributed by atoms with van der Waals surface area (Å²) in [4.78, 5) is 33.4. The van der Waals surface area contributed by atoms with Crippen LogP contribution in [0.2, 0.25) is 0 Å². The summed E-state index contributed by atoms with van der Waals surface area (Å²) in [6.45, 7) is 2.10. The lowest BCUT2D eigenvalue weighted by atomic mass is 9.96. The molecule has 2 unspecified atom stereocenters. The first-order chi connectivity index (χ1) is 19.5. The van der Waals surface area contributed by atoms with Crippen molar-refractivity contribution in [1.29, 1.82) is 0 Å². The first-order valence-corrected chi connectivity index (χ1v) is 14.5. The molecule has 2 atom stereocenters. The molecule has 0 radical (unpaired) electrons. The van der Waals surface area contributed by atoms with Gasteiger partial charge in [0.15, 0.2) is 0 Å². The van der Waals surface area contributed by atoms with Gasteiger partial charge in [0.2, 0.25) is 0 Å². The Bertz CT molecular complexity index is 1370. The molecule has 4 nitrogen and oxygen atoms in total. The predicted molar refractivity (Wildman–Crippen MR) is 167 cm³/mol. The Morgan fingerprint density at radius 3 is 2.65 bits per heavy atom. The molecule has 0 aromatic heterocycles. The van der Waals surface area contributed by atoms with Gasteiger partial charge in [0.25, 0.3) is 0 Å². The van der Waals surface area contributed by atoms with Crippen molar-refractivity contribution in [2.45, 2.75) is 39.0 Å². The highest BCUT2D eigenvalue weighted by Gasteiger charge is 2.16. The minimum absolute atomic E-state index is 0.0130. The summed E-state index contributed by atoms with van der Waals surface area (Å²) in [7, 11) is 0. The van der Waals surface area contributed by atoms with Crippen LogP contribution >= 0.6 is 11.8 Å². The molecule has 0 saturated carbocycles. The zero-order chi connectivity index (χ0) is 28.0. The van der Waals surface area contributed by atoms with Crippen LogP contribution in [0, 0.1) is 11.8 Å². The Kier molecular flexibility index (Phi) is 11.3. The van der Waals surface area contributed by atoms with E-state index in [-0.39, 0.29) is 24.0 Å². The van der Waals surface area contributed by atoms with E-state index in [4.69, 9.17) is 4.84 Å². The summed E-state index contributed by atoms with van der Waals surface area (Å²) in [5, 5.41) is 4.18. The van der Waals surface area contributed by atoms with Gasteiger partial charge in [-0.3, -0.25) is 4.79 Å². The third-order valence-electron chi connectivity index (χ3n) is 6.39. The van der Waals surface area contributed by atoms with E-state index in [0.717, 1.165) is 23.3 Å². The van der Waals surface area contributed by atoms with Gasteiger partial charge in [-0.05, 0) is 42.5 Å². The van der Waals surface area contributed by atoms with Crippen molar-refractivity contribution in [3.8, 4) is 0 Å². The minimum Gasteiger partial charge on any atom is -0.313 e. The van der Waals surface area contributed by atoms with Crippen LogP contribution in [0.25, 0.3) is 0 Å². The maximum Gasteiger partial charge on any atom is 0.365 e. The second-order valence-corrected chi connectivity index (χ2v) is 11.0. The first kappa shape index (κ1) is 29.0. The molecule has 0 aliphatic heterocycles. The van der Waals surface area contributed by atoms with Gasteiger partial charge >= 0.3 is 5.97 Å². The summed E-state index contributed by atoms with van der Waals surface area (Å²) in [6, 6.07) is 8.74. The smallest absolute Gasteiger partial charge is 0.313 e. The number of carbonyl (C=O) groups excluding carboxylic acids is 2. The van der Waals surface area contributed by atoms with Crippen LogP contribution < -0.4 is 0 Å². The number of Topliss-reactive ketones (excluding diaryl/α,β-unsaturated/α-hetero) is 1. The second kappa shape index (κ2) is 15.6. The molecular weight excluding hydrogens is 514 g/mol. The number of ketones is 1. The summed E-state index contributed by atoms with van der Waals surface area (Å²) >= 11 is 1.73. The van der Waals surface area contributed by atoms with Gasteiger partial charge in [-0.2, -0.15) is 0 Å². The van der Waals surface area contributed by atoms with Gasteiger partial charge in [-0.25, -0.2) is 4.79 Å². The molecule has 0 heterocycles. The van der Waals surface area contributed by atoms with E-state index in [1.807, 2.05) is 30.4 Å². The van der Waals surface area contributed by atoms with Crippen LogP contribution in [-0.4, -0.2) is 17.5 Å². The van der Waals surface area contributed by atoms with Crippen LogP contribution in [0.5, 0.6) is 0 Å². The molecule has 4 rings (SSSR count). The van der Waals surface area contributed by atoms with E-state index in [2.05, 4.69) is 78.9 Å². The Hall–Kier alpha value is -3.96. The molecule has 5 heteroatoms. The molecule has 0 bridgehead atoms. The Labute approximate surface area is 241 Å². The van der Waals surface area contributed by atoms with Crippen molar-refractivity contribution in [1.82, 2.24) is 0 Å². The van der Waals surface area contributed by atoms with Crippen LogP contribution in [0.3, 0.4) is 0 Å². The van der Waals surface area contributed by atoms with Gasteiger partial charge in [0.05, 0.1) is 11.3 Å². The van der Waals surface area contributed by atoms with Crippen molar-refractivity contribution in [3.63, 3.8) is 0 Å². The number of oxime groups is 1. The Morgan fingerprint density at radius 2 is 1.77 bits per heavy atom. The highest BCUT2D eigenvalue weighted by Crippen LogP contribution is 2.31. The number of benzene rings is 1. The van der Waals surface area contributed by atoms with Gasteiger partial charge in [-0.15, -0.1) is 0 Å². The van der Waals surface area contributed by atoms with Crippen molar-refractivity contribution >= 4 is 29.2 Å². The lowest BCUT2D eigenvalue weighted by Crippen LogP contribution is -2.13. The van der Waals surface area contributed by atoms with E-state index in [1.165, 1.54) is 4.91 Å². The summed E-state index contributed by atoms with van der Waals surface area (Å²) in [5.74, 6) is -0.241. The monoisotopic (exact) mass is 549 g/mol. The van der Waals surface area contributed by atoms with Crippen molar-refractivity contribution in [2.75, 3.05) is 0 Å². The largest absolute Gasteiger partial charge is 0.365 e. The van der Waals surface area contributed by atoms with Crippen molar-refractivity contribution in [3.05, 3.63) is 142 Å². The number of hydrogen-bond donors (Lipinski definition) is 0. The molecule has 0 spiro atoms. The second-order valence-electron chi connectivity index (χ2n) is 9.87. The van der Waals surface area contributed by atoms with Gasteiger partial charge in [-0.1, -0.05) is 127 Å². The maximum atomic E-state index is 13.2.